The van der Waals surface area contributed by atoms with Gasteiger partial charge in [-0.3, -0.25) is 14.9 Å². The Hall–Kier alpha value is -3.21. The monoisotopic (exact) mass is 321 g/mol. The summed E-state index contributed by atoms with van der Waals surface area (Å²) >= 11 is 0. The number of nitro groups is 1. The average molecular weight is 321 g/mol. The zero-order chi connectivity index (χ0) is 16.9. The minimum absolute atomic E-state index is 0.0162. The molecule has 0 atom stereocenters. The average Bonchev–Trinajstić information content (AvgIpc) is 3.10. The SMILES string of the molecule is O=C(CC1=CC([N+](=O)[O-])=CCC1=Cc1ccco1)c1ccccc1. The third kappa shape index (κ3) is 3.57. The first-order chi connectivity index (χ1) is 11.6. The second-order valence-electron chi connectivity index (χ2n) is 5.41. The molecule has 0 radical (unpaired) electrons. The topological polar surface area (TPSA) is 73.3 Å². The van der Waals surface area contributed by atoms with Gasteiger partial charge in [-0.15, -0.1) is 0 Å². The minimum Gasteiger partial charge on any atom is -0.465 e. The van der Waals surface area contributed by atoms with Crippen LogP contribution in [0.1, 0.15) is 29.0 Å². The van der Waals surface area contributed by atoms with Gasteiger partial charge in [0.2, 0.25) is 0 Å². The number of hydrogen-bond acceptors (Lipinski definition) is 4. The Bertz CT molecular complexity index is 843. The first-order valence-electron chi connectivity index (χ1n) is 7.51. The molecular weight excluding hydrogens is 306 g/mol. The molecule has 0 amide bonds. The molecule has 3 rings (SSSR count). The molecule has 24 heavy (non-hydrogen) atoms. The number of Topliss-reactive ketones (excluding diaryl/α,β-unsaturated/α-hetero) is 1. The molecule has 1 heterocycles. The van der Waals surface area contributed by atoms with Gasteiger partial charge in [0, 0.05) is 18.1 Å². The van der Waals surface area contributed by atoms with Crippen LogP contribution in [0, 0.1) is 10.1 Å². The minimum atomic E-state index is -0.434. The summed E-state index contributed by atoms with van der Waals surface area (Å²) in [6.45, 7) is 0. The smallest absolute Gasteiger partial charge is 0.266 e. The van der Waals surface area contributed by atoms with Crippen LogP contribution in [-0.4, -0.2) is 10.7 Å². The first-order valence-corrected chi connectivity index (χ1v) is 7.51. The fraction of sp³-hybridized carbons (Fsp3) is 0.105. The summed E-state index contributed by atoms with van der Waals surface area (Å²) in [7, 11) is 0. The maximum absolute atomic E-state index is 12.5. The molecule has 0 unspecified atom stereocenters. The fourth-order valence-corrected chi connectivity index (χ4v) is 2.56. The van der Waals surface area contributed by atoms with E-state index >= 15 is 0 Å². The van der Waals surface area contributed by atoms with Gasteiger partial charge in [0.15, 0.2) is 5.78 Å². The fourth-order valence-electron chi connectivity index (χ4n) is 2.56. The lowest BCUT2D eigenvalue weighted by Gasteiger charge is -2.13. The van der Waals surface area contributed by atoms with Gasteiger partial charge in [-0.2, -0.15) is 0 Å². The van der Waals surface area contributed by atoms with Crippen LogP contribution in [0.2, 0.25) is 0 Å². The van der Waals surface area contributed by atoms with Crippen molar-refractivity contribution < 1.29 is 14.1 Å². The van der Waals surface area contributed by atoms with Crippen LogP contribution in [0.5, 0.6) is 0 Å². The van der Waals surface area contributed by atoms with E-state index in [0.717, 1.165) is 5.57 Å². The normalized spacial score (nSPS) is 15.8. The van der Waals surface area contributed by atoms with Gasteiger partial charge in [-0.25, -0.2) is 0 Å². The Balaban J connectivity index is 1.90. The summed E-state index contributed by atoms with van der Waals surface area (Å²) in [5.41, 5.74) is 2.10. The lowest BCUT2D eigenvalue weighted by Crippen LogP contribution is -2.08. The van der Waals surface area contributed by atoms with E-state index in [-0.39, 0.29) is 17.9 Å². The highest BCUT2D eigenvalue weighted by molar-refractivity contribution is 5.98. The molecule has 1 aliphatic carbocycles. The van der Waals surface area contributed by atoms with Crippen LogP contribution < -0.4 is 0 Å². The van der Waals surface area contributed by atoms with E-state index in [9.17, 15) is 14.9 Å². The van der Waals surface area contributed by atoms with Crippen LogP contribution in [-0.2, 0) is 0 Å². The van der Waals surface area contributed by atoms with E-state index in [1.54, 1.807) is 48.7 Å². The van der Waals surface area contributed by atoms with Crippen molar-refractivity contribution in [2.75, 3.05) is 0 Å². The van der Waals surface area contributed by atoms with E-state index in [4.69, 9.17) is 4.42 Å². The summed E-state index contributed by atoms with van der Waals surface area (Å²) in [5.74, 6) is 0.581. The first kappa shape index (κ1) is 15.7. The van der Waals surface area contributed by atoms with Crippen LogP contribution in [0.15, 0.2) is 82.1 Å². The van der Waals surface area contributed by atoms with Gasteiger partial charge >= 0.3 is 0 Å². The molecule has 0 saturated carbocycles. The number of ketones is 1. The Morgan fingerprint density at radius 1 is 1.21 bits per heavy atom. The Labute approximate surface area is 138 Å². The lowest BCUT2D eigenvalue weighted by atomic mass is 9.90. The molecule has 0 fully saturated rings. The summed E-state index contributed by atoms with van der Waals surface area (Å²) in [4.78, 5) is 23.1. The summed E-state index contributed by atoms with van der Waals surface area (Å²) < 4.78 is 5.31. The van der Waals surface area contributed by atoms with Crippen molar-refractivity contribution in [2.24, 2.45) is 0 Å². The van der Waals surface area contributed by atoms with Gasteiger partial charge in [0.05, 0.1) is 11.2 Å². The maximum atomic E-state index is 12.5. The molecule has 0 N–H and O–H groups in total. The Kier molecular flexibility index (Phi) is 4.52. The zero-order valence-corrected chi connectivity index (χ0v) is 12.8. The van der Waals surface area contributed by atoms with Crippen LogP contribution >= 0.6 is 0 Å². The van der Waals surface area contributed by atoms with Gasteiger partial charge in [-0.05, 0) is 41.9 Å². The van der Waals surface area contributed by atoms with Crippen molar-refractivity contribution in [3.8, 4) is 0 Å². The van der Waals surface area contributed by atoms with E-state index in [1.165, 1.54) is 6.08 Å². The van der Waals surface area contributed by atoms with Crippen LogP contribution in [0.3, 0.4) is 0 Å². The third-order valence-electron chi connectivity index (χ3n) is 3.78. The van der Waals surface area contributed by atoms with Gasteiger partial charge in [0.25, 0.3) is 5.70 Å². The number of allylic oxidation sites excluding steroid dienone is 4. The molecule has 0 aliphatic heterocycles. The number of benzene rings is 1. The highest BCUT2D eigenvalue weighted by atomic mass is 16.6. The molecule has 2 aromatic rings. The number of nitrogens with zero attached hydrogens (tertiary/aromatic N) is 1. The number of rotatable bonds is 5. The molecule has 120 valence electrons. The van der Waals surface area contributed by atoms with Crippen molar-refractivity contribution in [3.05, 3.63) is 99.2 Å². The maximum Gasteiger partial charge on any atom is 0.266 e. The van der Waals surface area contributed by atoms with Crippen molar-refractivity contribution in [3.63, 3.8) is 0 Å². The molecule has 1 aromatic heterocycles. The van der Waals surface area contributed by atoms with Crippen molar-refractivity contribution in [2.45, 2.75) is 12.8 Å². The van der Waals surface area contributed by atoms with Crippen LogP contribution in [0.4, 0.5) is 0 Å². The molecule has 5 nitrogen and oxygen atoms in total. The second kappa shape index (κ2) is 6.91. The summed E-state index contributed by atoms with van der Waals surface area (Å²) in [6, 6.07) is 12.5. The second-order valence-corrected chi connectivity index (χ2v) is 5.41. The highest BCUT2D eigenvalue weighted by Crippen LogP contribution is 2.29. The number of furan rings is 1. The summed E-state index contributed by atoms with van der Waals surface area (Å²) in [6.07, 6.45) is 6.90. The molecule has 0 saturated heterocycles. The Morgan fingerprint density at radius 2 is 2.00 bits per heavy atom. The number of carbonyl (C=O) groups is 1. The van der Waals surface area contributed by atoms with E-state index in [0.29, 0.717) is 23.3 Å². The molecule has 0 bridgehead atoms. The third-order valence-corrected chi connectivity index (χ3v) is 3.78. The zero-order valence-electron chi connectivity index (χ0n) is 12.8. The Morgan fingerprint density at radius 3 is 2.67 bits per heavy atom. The quantitative estimate of drug-likeness (QED) is 0.464. The van der Waals surface area contributed by atoms with E-state index < -0.39 is 4.92 Å². The van der Waals surface area contributed by atoms with Gasteiger partial charge in [-0.1, -0.05) is 30.3 Å². The van der Waals surface area contributed by atoms with Crippen molar-refractivity contribution >= 4 is 11.9 Å². The van der Waals surface area contributed by atoms with E-state index in [2.05, 4.69) is 0 Å². The van der Waals surface area contributed by atoms with Gasteiger partial charge in [0.1, 0.15) is 5.76 Å². The standard InChI is InChI=1S/C19H15NO4/c21-19(14-5-2-1-3-6-14)13-16-11-17(20(22)23)9-8-15(16)12-18-7-4-10-24-18/h1-7,9-12H,8,13H2. The molecule has 1 aliphatic rings. The predicted octanol–water partition coefficient (Wildman–Crippen LogP) is 4.43. The van der Waals surface area contributed by atoms with Gasteiger partial charge < -0.3 is 4.42 Å². The van der Waals surface area contributed by atoms with Crippen molar-refractivity contribution in [1.29, 1.82) is 0 Å². The molecule has 1 aromatic carbocycles. The van der Waals surface area contributed by atoms with Crippen LogP contribution in [0.25, 0.3) is 6.08 Å². The van der Waals surface area contributed by atoms with E-state index in [1.807, 2.05) is 12.1 Å². The molecule has 5 heteroatoms. The molecular formula is C19H15NO4. The molecule has 0 spiro atoms. The largest absolute Gasteiger partial charge is 0.465 e. The summed E-state index contributed by atoms with van der Waals surface area (Å²) in [5, 5.41) is 11.0. The number of carbonyl (C=O) groups excluding carboxylic acids is 1. The highest BCUT2D eigenvalue weighted by Gasteiger charge is 2.20. The number of hydrogen-bond donors (Lipinski definition) is 0. The lowest BCUT2D eigenvalue weighted by molar-refractivity contribution is -0.419. The predicted molar refractivity (Wildman–Crippen MR) is 89.9 cm³/mol. The van der Waals surface area contributed by atoms with Crippen molar-refractivity contribution in [1.82, 2.24) is 0 Å².